The van der Waals surface area contributed by atoms with Gasteiger partial charge in [-0.2, -0.15) is 0 Å². The molecule has 128 valence electrons. The van der Waals surface area contributed by atoms with Crippen molar-refractivity contribution in [1.82, 2.24) is 15.0 Å². The molecule has 0 saturated carbocycles. The van der Waals surface area contributed by atoms with Crippen LogP contribution in [0.4, 0.5) is 5.82 Å². The number of benzene rings is 2. The Morgan fingerprint density at radius 3 is 2.73 bits per heavy atom. The number of pyridine rings is 1. The smallest absolute Gasteiger partial charge is 0.256 e. The second kappa shape index (κ2) is 6.80. The Bertz CT molecular complexity index is 1070. The number of anilines is 1. The maximum atomic E-state index is 12.6. The van der Waals surface area contributed by atoms with Crippen LogP contribution in [0.5, 0.6) is 0 Å². The van der Waals surface area contributed by atoms with Crippen molar-refractivity contribution in [3.05, 3.63) is 89.4 Å². The van der Waals surface area contributed by atoms with Crippen molar-refractivity contribution in [3.8, 4) is 0 Å². The molecule has 26 heavy (non-hydrogen) atoms. The molecule has 0 aliphatic rings. The highest BCUT2D eigenvalue weighted by Gasteiger charge is 2.11. The molecule has 0 fully saturated rings. The summed E-state index contributed by atoms with van der Waals surface area (Å²) in [6.07, 6.45) is 4.15. The molecule has 0 radical (unpaired) electrons. The number of aryl methyl sites for hydroxylation is 1. The minimum absolute atomic E-state index is 0.186. The van der Waals surface area contributed by atoms with E-state index in [2.05, 4.69) is 32.4 Å². The first kappa shape index (κ1) is 16.0. The molecular formula is C21H18N4O. The zero-order chi connectivity index (χ0) is 17.9. The largest absolute Gasteiger partial charge is 0.345 e. The van der Waals surface area contributed by atoms with E-state index >= 15 is 0 Å². The lowest BCUT2D eigenvalue weighted by Gasteiger charge is -2.08. The Hall–Kier alpha value is -3.47. The number of hydrogen-bond donors (Lipinski definition) is 2. The number of H-pyrrole nitrogens is 1. The number of aromatic nitrogens is 3. The van der Waals surface area contributed by atoms with E-state index in [0.29, 0.717) is 11.4 Å². The molecular weight excluding hydrogens is 324 g/mol. The molecule has 1 amide bonds. The molecule has 5 nitrogen and oxygen atoms in total. The van der Waals surface area contributed by atoms with Gasteiger partial charge < -0.3 is 10.3 Å². The monoisotopic (exact) mass is 342 g/mol. The Morgan fingerprint density at radius 1 is 1.04 bits per heavy atom. The predicted octanol–water partition coefficient (Wildman–Crippen LogP) is 4.11. The molecule has 0 atom stereocenters. The first-order chi connectivity index (χ1) is 12.7. The number of imidazole rings is 1. The van der Waals surface area contributed by atoms with Gasteiger partial charge in [0.05, 0.1) is 17.4 Å². The second-order valence-corrected chi connectivity index (χ2v) is 6.26. The molecule has 2 heterocycles. The fourth-order valence-corrected chi connectivity index (χ4v) is 3.03. The van der Waals surface area contributed by atoms with Gasteiger partial charge in [-0.25, -0.2) is 9.97 Å². The van der Waals surface area contributed by atoms with Crippen molar-refractivity contribution < 1.29 is 4.79 Å². The van der Waals surface area contributed by atoms with Crippen molar-refractivity contribution in [1.29, 1.82) is 0 Å². The number of carbonyl (C=O) groups is 1. The zero-order valence-electron chi connectivity index (χ0n) is 14.4. The van der Waals surface area contributed by atoms with Gasteiger partial charge in [0, 0.05) is 11.8 Å². The van der Waals surface area contributed by atoms with E-state index in [-0.39, 0.29) is 5.91 Å². The molecule has 0 unspecified atom stereocenters. The summed E-state index contributed by atoms with van der Waals surface area (Å²) in [5, 5.41) is 2.88. The number of nitrogens with zero attached hydrogens (tertiary/aromatic N) is 2. The Kier molecular flexibility index (Phi) is 4.19. The average Bonchev–Trinajstić information content (AvgIpc) is 3.12. The van der Waals surface area contributed by atoms with Gasteiger partial charge in [-0.05, 0) is 54.3 Å². The van der Waals surface area contributed by atoms with Crippen molar-refractivity contribution in [2.75, 3.05) is 5.32 Å². The van der Waals surface area contributed by atoms with Gasteiger partial charge in [-0.15, -0.1) is 0 Å². The topological polar surface area (TPSA) is 70.7 Å². The van der Waals surface area contributed by atoms with E-state index in [0.717, 1.165) is 28.6 Å². The first-order valence-corrected chi connectivity index (χ1v) is 8.43. The van der Waals surface area contributed by atoms with Crippen LogP contribution in [0.2, 0.25) is 0 Å². The summed E-state index contributed by atoms with van der Waals surface area (Å²) >= 11 is 0. The molecule has 4 aromatic rings. The molecule has 0 aliphatic heterocycles. The lowest BCUT2D eigenvalue weighted by Crippen LogP contribution is -2.13. The summed E-state index contributed by atoms with van der Waals surface area (Å²) < 4.78 is 0. The van der Waals surface area contributed by atoms with E-state index in [9.17, 15) is 4.79 Å². The van der Waals surface area contributed by atoms with Crippen molar-refractivity contribution in [3.63, 3.8) is 0 Å². The summed E-state index contributed by atoms with van der Waals surface area (Å²) in [7, 11) is 0. The molecule has 2 N–H and O–H groups in total. The number of amides is 1. The number of aromatic amines is 1. The van der Waals surface area contributed by atoms with Crippen LogP contribution in [0.1, 0.15) is 27.0 Å². The third kappa shape index (κ3) is 3.32. The molecule has 4 rings (SSSR count). The highest BCUT2D eigenvalue weighted by atomic mass is 16.1. The van der Waals surface area contributed by atoms with E-state index in [4.69, 9.17) is 0 Å². The summed E-state index contributed by atoms with van der Waals surface area (Å²) in [5.74, 6) is 0.361. The molecule has 0 saturated heterocycles. The number of nitrogens with one attached hydrogen (secondary N) is 2. The van der Waals surface area contributed by atoms with Crippen LogP contribution in [0.25, 0.3) is 11.0 Å². The summed E-state index contributed by atoms with van der Waals surface area (Å²) in [6.45, 7) is 1.94. The molecule has 2 aromatic heterocycles. The lowest BCUT2D eigenvalue weighted by atomic mass is 10.1. The maximum Gasteiger partial charge on any atom is 0.256 e. The van der Waals surface area contributed by atoms with Crippen LogP contribution in [0.15, 0.2) is 67.1 Å². The average molecular weight is 342 g/mol. The van der Waals surface area contributed by atoms with Crippen LogP contribution in [-0.4, -0.2) is 20.9 Å². The third-order valence-corrected chi connectivity index (χ3v) is 4.29. The van der Waals surface area contributed by atoms with Crippen LogP contribution in [0.3, 0.4) is 0 Å². The SMILES string of the molecule is Cc1cc(C(=O)Nc2cc(Cc3ccccc3)ccn2)cc2[nH]cnc12. The maximum absolute atomic E-state index is 12.6. The Morgan fingerprint density at radius 2 is 1.88 bits per heavy atom. The fourth-order valence-electron chi connectivity index (χ4n) is 3.03. The summed E-state index contributed by atoms with van der Waals surface area (Å²) in [5.41, 5.74) is 5.58. The highest BCUT2D eigenvalue weighted by molar-refractivity contribution is 6.05. The van der Waals surface area contributed by atoms with Gasteiger partial charge in [-0.1, -0.05) is 30.3 Å². The fraction of sp³-hybridized carbons (Fsp3) is 0.0952. The minimum atomic E-state index is -0.186. The molecule has 2 aromatic carbocycles. The highest BCUT2D eigenvalue weighted by Crippen LogP contribution is 2.18. The number of carbonyl (C=O) groups excluding carboxylic acids is 1. The van der Waals surface area contributed by atoms with Gasteiger partial charge in [-0.3, -0.25) is 4.79 Å². The normalized spacial score (nSPS) is 10.8. The minimum Gasteiger partial charge on any atom is -0.345 e. The van der Waals surface area contributed by atoms with E-state index < -0.39 is 0 Å². The van der Waals surface area contributed by atoms with Crippen LogP contribution in [-0.2, 0) is 6.42 Å². The van der Waals surface area contributed by atoms with E-state index in [1.807, 2.05) is 43.3 Å². The van der Waals surface area contributed by atoms with Crippen LogP contribution in [0, 0.1) is 6.92 Å². The molecule has 0 bridgehead atoms. The van der Waals surface area contributed by atoms with Crippen LogP contribution < -0.4 is 5.32 Å². The summed E-state index contributed by atoms with van der Waals surface area (Å²) in [4.78, 5) is 24.2. The van der Waals surface area contributed by atoms with Gasteiger partial charge >= 0.3 is 0 Å². The van der Waals surface area contributed by atoms with Crippen molar-refractivity contribution >= 4 is 22.8 Å². The van der Waals surface area contributed by atoms with Gasteiger partial charge in [0.1, 0.15) is 5.82 Å². The molecule has 5 heteroatoms. The summed E-state index contributed by atoms with van der Waals surface area (Å²) in [6, 6.07) is 17.7. The zero-order valence-corrected chi connectivity index (χ0v) is 14.4. The van der Waals surface area contributed by atoms with E-state index in [1.54, 1.807) is 18.6 Å². The Balaban J connectivity index is 1.54. The van der Waals surface area contributed by atoms with E-state index in [1.165, 1.54) is 5.56 Å². The number of rotatable bonds is 4. The predicted molar refractivity (Wildman–Crippen MR) is 102 cm³/mol. The quantitative estimate of drug-likeness (QED) is 0.586. The number of hydrogen-bond acceptors (Lipinski definition) is 3. The van der Waals surface area contributed by atoms with Crippen molar-refractivity contribution in [2.24, 2.45) is 0 Å². The first-order valence-electron chi connectivity index (χ1n) is 8.43. The third-order valence-electron chi connectivity index (χ3n) is 4.29. The van der Waals surface area contributed by atoms with Gasteiger partial charge in [0.2, 0.25) is 0 Å². The standard InChI is InChI=1S/C21H18N4O/c1-14-9-17(12-18-20(14)24-13-23-18)21(26)25-19-11-16(7-8-22-19)10-15-5-3-2-4-6-15/h2-9,11-13H,10H2,1H3,(H,23,24)(H,22,25,26). The Labute approximate surface area is 151 Å². The molecule has 0 aliphatic carbocycles. The second-order valence-electron chi connectivity index (χ2n) is 6.26. The molecule has 0 spiro atoms. The van der Waals surface area contributed by atoms with Crippen LogP contribution >= 0.6 is 0 Å². The lowest BCUT2D eigenvalue weighted by molar-refractivity contribution is 0.102. The van der Waals surface area contributed by atoms with Gasteiger partial charge in [0.25, 0.3) is 5.91 Å². The van der Waals surface area contributed by atoms with Gasteiger partial charge in [0.15, 0.2) is 0 Å². The van der Waals surface area contributed by atoms with Crippen molar-refractivity contribution in [2.45, 2.75) is 13.3 Å². The number of fused-ring (bicyclic) bond motifs is 1.